The van der Waals surface area contributed by atoms with Gasteiger partial charge in [-0.3, -0.25) is 9.59 Å². The number of ketones is 2. The molecule has 1 N–H and O–H groups in total. The zero-order chi connectivity index (χ0) is 7.98. The van der Waals surface area contributed by atoms with E-state index in [1.807, 2.05) is 0 Å². The Balaban J connectivity index is 0.000000371. The summed E-state index contributed by atoms with van der Waals surface area (Å²) in [6.07, 6.45) is 5.60. The van der Waals surface area contributed by atoms with E-state index in [1.54, 1.807) is 12.2 Å². The molecular weight excluding hydrogens is 132 g/mol. The number of hydrogen-bond donors (Lipinski definition) is 1. The maximum atomic E-state index is 10.3. The van der Waals surface area contributed by atoms with Gasteiger partial charge in [0, 0.05) is 7.11 Å². The Morgan fingerprint density at radius 3 is 1.50 bits per heavy atom. The van der Waals surface area contributed by atoms with Gasteiger partial charge in [0.2, 0.25) is 11.6 Å². The van der Waals surface area contributed by atoms with E-state index in [0.29, 0.717) is 0 Å². The van der Waals surface area contributed by atoms with Gasteiger partial charge >= 0.3 is 0 Å². The van der Waals surface area contributed by atoms with Crippen LogP contribution in [0.2, 0.25) is 0 Å². The van der Waals surface area contributed by atoms with Crippen LogP contribution in [0.3, 0.4) is 0 Å². The van der Waals surface area contributed by atoms with Crippen LogP contribution >= 0.6 is 0 Å². The van der Waals surface area contributed by atoms with Gasteiger partial charge in [-0.05, 0) is 12.2 Å². The molecule has 0 atom stereocenters. The van der Waals surface area contributed by atoms with E-state index < -0.39 is 11.6 Å². The SMILES string of the molecule is CO.O=C1C=CC=CC1=O. The molecule has 1 rings (SSSR count). The van der Waals surface area contributed by atoms with Crippen LogP contribution < -0.4 is 0 Å². The van der Waals surface area contributed by atoms with E-state index in [4.69, 9.17) is 5.11 Å². The largest absolute Gasteiger partial charge is 0.400 e. The topological polar surface area (TPSA) is 54.4 Å². The molecule has 0 aromatic heterocycles. The van der Waals surface area contributed by atoms with Gasteiger partial charge in [-0.25, -0.2) is 0 Å². The Labute approximate surface area is 58.7 Å². The van der Waals surface area contributed by atoms with Crippen molar-refractivity contribution < 1.29 is 14.7 Å². The standard InChI is InChI=1S/C6H4O2.CH4O/c7-5-3-1-2-4-6(5)8;1-2/h1-4H;2H,1H3. The van der Waals surface area contributed by atoms with Gasteiger partial charge in [0.05, 0.1) is 0 Å². The molecular formula is C7H8O3. The van der Waals surface area contributed by atoms with Crippen molar-refractivity contribution in [2.24, 2.45) is 0 Å². The Morgan fingerprint density at radius 2 is 1.30 bits per heavy atom. The molecule has 0 fully saturated rings. The molecule has 0 saturated carbocycles. The molecule has 54 valence electrons. The number of carbonyl (C=O) groups is 2. The molecule has 0 saturated heterocycles. The second-order valence-corrected chi connectivity index (χ2v) is 1.45. The van der Waals surface area contributed by atoms with Crippen molar-refractivity contribution in [2.75, 3.05) is 7.11 Å². The van der Waals surface area contributed by atoms with Gasteiger partial charge in [-0.1, -0.05) is 12.2 Å². The lowest BCUT2D eigenvalue weighted by Gasteiger charge is -1.88. The Morgan fingerprint density at radius 1 is 1.00 bits per heavy atom. The van der Waals surface area contributed by atoms with Crippen LogP contribution in [-0.2, 0) is 9.59 Å². The van der Waals surface area contributed by atoms with Gasteiger partial charge in [-0.2, -0.15) is 0 Å². The third-order valence-corrected chi connectivity index (χ3v) is 0.849. The van der Waals surface area contributed by atoms with Crippen molar-refractivity contribution in [1.29, 1.82) is 0 Å². The summed E-state index contributed by atoms with van der Waals surface area (Å²) < 4.78 is 0. The first kappa shape index (κ1) is 8.78. The highest BCUT2D eigenvalue weighted by Gasteiger charge is 2.06. The lowest BCUT2D eigenvalue weighted by molar-refractivity contribution is -0.131. The van der Waals surface area contributed by atoms with Crippen molar-refractivity contribution >= 4 is 11.6 Å². The summed E-state index contributed by atoms with van der Waals surface area (Å²) in [6, 6.07) is 0. The first-order valence-corrected chi connectivity index (χ1v) is 2.68. The molecule has 0 aliphatic heterocycles. The van der Waals surface area contributed by atoms with E-state index in [9.17, 15) is 9.59 Å². The second-order valence-electron chi connectivity index (χ2n) is 1.45. The summed E-state index contributed by atoms with van der Waals surface area (Å²) in [5.74, 6) is -0.875. The van der Waals surface area contributed by atoms with Crippen LogP contribution in [0.1, 0.15) is 0 Å². The van der Waals surface area contributed by atoms with Gasteiger partial charge < -0.3 is 5.11 Å². The molecule has 0 unspecified atom stereocenters. The molecule has 0 amide bonds. The fraction of sp³-hybridized carbons (Fsp3) is 0.143. The summed E-state index contributed by atoms with van der Waals surface area (Å²) in [5, 5.41) is 7.00. The van der Waals surface area contributed by atoms with Crippen molar-refractivity contribution in [3.63, 3.8) is 0 Å². The van der Waals surface area contributed by atoms with Crippen molar-refractivity contribution in [1.82, 2.24) is 0 Å². The molecule has 0 heterocycles. The van der Waals surface area contributed by atoms with Crippen molar-refractivity contribution in [3.8, 4) is 0 Å². The number of hydrogen-bond acceptors (Lipinski definition) is 3. The fourth-order valence-corrected chi connectivity index (χ4v) is 0.450. The Bertz CT molecular complexity index is 167. The predicted octanol–water partition coefficient (Wildman–Crippen LogP) is -0.141. The first-order valence-electron chi connectivity index (χ1n) is 2.68. The van der Waals surface area contributed by atoms with Crippen molar-refractivity contribution in [2.45, 2.75) is 0 Å². The summed E-state index contributed by atoms with van der Waals surface area (Å²) >= 11 is 0. The van der Waals surface area contributed by atoms with Crippen LogP contribution in [0.25, 0.3) is 0 Å². The van der Waals surface area contributed by atoms with Crippen LogP contribution in [0.15, 0.2) is 24.3 Å². The second kappa shape index (κ2) is 4.64. The Kier molecular flexibility index (Phi) is 4.07. The number of rotatable bonds is 0. The maximum absolute atomic E-state index is 10.3. The summed E-state index contributed by atoms with van der Waals surface area (Å²) in [4.78, 5) is 20.6. The maximum Gasteiger partial charge on any atom is 0.225 e. The molecule has 0 aromatic rings. The number of allylic oxidation sites excluding steroid dienone is 4. The van der Waals surface area contributed by atoms with Gasteiger partial charge in [0.25, 0.3) is 0 Å². The molecule has 0 spiro atoms. The summed E-state index contributed by atoms with van der Waals surface area (Å²) in [5.41, 5.74) is 0. The smallest absolute Gasteiger partial charge is 0.225 e. The minimum atomic E-state index is -0.437. The molecule has 1 aliphatic rings. The van der Waals surface area contributed by atoms with E-state index in [1.165, 1.54) is 12.2 Å². The zero-order valence-electron chi connectivity index (χ0n) is 5.57. The first-order chi connectivity index (χ1) is 4.80. The fourth-order valence-electron chi connectivity index (χ4n) is 0.450. The van der Waals surface area contributed by atoms with Gasteiger partial charge in [0.15, 0.2) is 0 Å². The number of aliphatic hydroxyl groups is 1. The van der Waals surface area contributed by atoms with Gasteiger partial charge in [0.1, 0.15) is 0 Å². The lowest BCUT2D eigenvalue weighted by atomic mass is 10.1. The van der Waals surface area contributed by atoms with Crippen LogP contribution in [0.5, 0.6) is 0 Å². The third kappa shape index (κ3) is 2.37. The van der Waals surface area contributed by atoms with Crippen LogP contribution in [0.4, 0.5) is 0 Å². The molecule has 0 bridgehead atoms. The van der Waals surface area contributed by atoms with E-state index >= 15 is 0 Å². The summed E-state index contributed by atoms with van der Waals surface area (Å²) in [7, 11) is 1.00. The molecule has 0 aromatic carbocycles. The normalized spacial score (nSPS) is 14.6. The van der Waals surface area contributed by atoms with Crippen molar-refractivity contribution in [3.05, 3.63) is 24.3 Å². The van der Waals surface area contributed by atoms with E-state index in [-0.39, 0.29) is 0 Å². The minimum absolute atomic E-state index is 0.437. The highest BCUT2D eigenvalue weighted by atomic mass is 16.2. The predicted molar refractivity (Wildman–Crippen MR) is 36.4 cm³/mol. The van der Waals surface area contributed by atoms with Crippen LogP contribution in [-0.4, -0.2) is 23.8 Å². The quantitative estimate of drug-likeness (QED) is 0.376. The van der Waals surface area contributed by atoms with Gasteiger partial charge in [-0.15, -0.1) is 0 Å². The molecule has 3 nitrogen and oxygen atoms in total. The zero-order valence-corrected chi connectivity index (χ0v) is 5.57. The van der Waals surface area contributed by atoms with Crippen LogP contribution in [0, 0.1) is 0 Å². The Hall–Kier alpha value is -1.22. The lowest BCUT2D eigenvalue weighted by Crippen LogP contribution is -2.08. The molecule has 10 heavy (non-hydrogen) atoms. The minimum Gasteiger partial charge on any atom is -0.400 e. The average molecular weight is 140 g/mol. The molecule has 3 heteroatoms. The van der Waals surface area contributed by atoms with E-state index in [2.05, 4.69) is 0 Å². The number of aliphatic hydroxyl groups excluding tert-OH is 1. The van der Waals surface area contributed by atoms with E-state index in [0.717, 1.165) is 7.11 Å². The molecule has 0 radical (unpaired) electrons. The summed E-state index contributed by atoms with van der Waals surface area (Å²) in [6.45, 7) is 0. The third-order valence-electron chi connectivity index (χ3n) is 0.849. The molecule has 1 aliphatic carbocycles. The number of carbonyl (C=O) groups excluding carboxylic acids is 2. The highest BCUT2D eigenvalue weighted by Crippen LogP contribution is 1.90. The average Bonchev–Trinajstić information content (AvgIpc) is 2.00. The highest BCUT2D eigenvalue weighted by molar-refractivity contribution is 6.46. The monoisotopic (exact) mass is 140 g/mol.